The molecule has 1 aromatic carbocycles. The standard InChI is InChI=1S/C18H20FN5O4/c1-9(10-2-4-11(19)5-3-10)18(15(27)14(26)12(6-25)28-18)24-8-23-13-16(20)21-7-22-17(13)24/h2-5,7-9,12,14-15,25-27H,6H2,1H3,(H2,20,21,22)/t9-,12-,14-,15-,18-/m1/s1. The zero-order chi connectivity index (χ0) is 20.1. The molecule has 1 aliphatic rings. The van der Waals surface area contributed by atoms with Gasteiger partial charge in [0, 0.05) is 5.92 Å². The summed E-state index contributed by atoms with van der Waals surface area (Å²) in [5, 5.41) is 31.1. The lowest BCUT2D eigenvalue weighted by Gasteiger charge is -2.39. The lowest BCUT2D eigenvalue weighted by Crippen LogP contribution is -2.49. The molecular weight excluding hydrogens is 369 g/mol. The predicted molar refractivity (Wildman–Crippen MR) is 96.5 cm³/mol. The molecule has 0 unspecified atom stereocenters. The Labute approximate surface area is 159 Å². The predicted octanol–water partition coefficient (Wildman–Crippen LogP) is 0.117. The van der Waals surface area contributed by atoms with Gasteiger partial charge in [0.05, 0.1) is 12.9 Å². The minimum absolute atomic E-state index is 0.153. The van der Waals surface area contributed by atoms with Crippen LogP contribution >= 0.6 is 0 Å². The Hall–Kier alpha value is -2.66. The van der Waals surface area contributed by atoms with Crippen LogP contribution in [-0.2, 0) is 10.5 Å². The van der Waals surface area contributed by atoms with Crippen LogP contribution in [0.25, 0.3) is 11.2 Å². The van der Waals surface area contributed by atoms with Gasteiger partial charge < -0.3 is 25.8 Å². The maximum Gasteiger partial charge on any atom is 0.183 e. The van der Waals surface area contributed by atoms with Crippen LogP contribution in [0.3, 0.4) is 0 Å². The molecule has 1 saturated heterocycles. The summed E-state index contributed by atoms with van der Waals surface area (Å²) in [6.45, 7) is 1.26. The van der Waals surface area contributed by atoms with Gasteiger partial charge >= 0.3 is 0 Å². The van der Waals surface area contributed by atoms with E-state index in [2.05, 4.69) is 15.0 Å². The fraction of sp³-hybridized carbons (Fsp3) is 0.389. The van der Waals surface area contributed by atoms with Crippen molar-refractivity contribution in [1.82, 2.24) is 19.5 Å². The van der Waals surface area contributed by atoms with Crippen molar-refractivity contribution in [3.05, 3.63) is 48.3 Å². The van der Waals surface area contributed by atoms with Gasteiger partial charge in [0.2, 0.25) is 0 Å². The molecule has 0 amide bonds. The number of imidazole rings is 1. The third-order valence-electron chi connectivity index (χ3n) is 5.38. The molecule has 2 aromatic heterocycles. The van der Waals surface area contributed by atoms with E-state index in [1.54, 1.807) is 19.1 Å². The van der Waals surface area contributed by atoms with E-state index in [1.165, 1.54) is 29.4 Å². The number of aromatic nitrogens is 4. The Morgan fingerprint density at radius 1 is 1.25 bits per heavy atom. The number of anilines is 1. The Kier molecular flexibility index (Phi) is 4.50. The quantitative estimate of drug-likeness (QED) is 0.493. The SMILES string of the molecule is C[C@H](c1ccc(F)cc1)[C@@]1(n2cnc3c(N)ncnc32)O[C@H](CO)[C@@H](O)[C@H]1O. The zero-order valence-corrected chi connectivity index (χ0v) is 15.0. The van der Waals surface area contributed by atoms with Gasteiger partial charge in [0.1, 0.15) is 36.0 Å². The number of benzene rings is 1. The maximum atomic E-state index is 13.4. The summed E-state index contributed by atoms with van der Waals surface area (Å²) < 4.78 is 20.9. The zero-order valence-electron chi connectivity index (χ0n) is 15.0. The van der Waals surface area contributed by atoms with Gasteiger partial charge in [-0.1, -0.05) is 19.1 Å². The summed E-state index contributed by atoms with van der Waals surface area (Å²) >= 11 is 0. The number of nitrogens with zero attached hydrogens (tertiary/aromatic N) is 4. The smallest absolute Gasteiger partial charge is 0.183 e. The average molecular weight is 389 g/mol. The topological polar surface area (TPSA) is 140 Å². The number of hydrogen-bond donors (Lipinski definition) is 4. The Morgan fingerprint density at radius 3 is 2.61 bits per heavy atom. The van der Waals surface area contributed by atoms with Crippen molar-refractivity contribution in [2.75, 3.05) is 12.3 Å². The second-order valence-electron chi connectivity index (χ2n) is 6.85. The lowest BCUT2D eigenvalue weighted by molar-refractivity contribution is -0.159. The highest BCUT2D eigenvalue weighted by atomic mass is 19.1. The molecule has 1 aliphatic heterocycles. The van der Waals surface area contributed by atoms with E-state index in [0.717, 1.165) is 0 Å². The van der Waals surface area contributed by atoms with Crippen LogP contribution in [0.15, 0.2) is 36.9 Å². The monoisotopic (exact) mass is 389 g/mol. The van der Waals surface area contributed by atoms with Crippen LogP contribution < -0.4 is 5.73 Å². The average Bonchev–Trinajstić information content (AvgIpc) is 3.24. The number of rotatable bonds is 4. The summed E-state index contributed by atoms with van der Waals surface area (Å²) in [4.78, 5) is 12.3. The molecule has 9 nitrogen and oxygen atoms in total. The summed E-state index contributed by atoms with van der Waals surface area (Å²) in [7, 11) is 0. The third-order valence-corrected chi connectivity index (χ3v) is 5.38. The normalized spacial score (nSPS) is 28.7. The maximum absolute atomic E-state index is 13.4. The van der Waals surface area contributed by atoms with E-state index < -0.39 is 42.4 Å². The van der Waals surface area contributed by atoms with E-state index >= 15 is 0 Å². The Morgan fingerprint density at radius 2 is 1.96 bits per heavy atom. The van der Waals surface area contributed by atoms with Crippen LogP contribution in [-0.4, -0.2) is 59.8 Å². The minimum atomic E-state index is -1.57. The van der Waals surface area contributed by atoms with E-state index in [1.807, 2.05) is 0 Å². The molecule has 148 valence electrons. The van der Waals surface area contributed by atoms with Gasteiger partial charge in [-0.25, -0.2) is 19.3 Å². The molecule has 0 bridgehead atoms. The molecule has 4 rings (SSSR count). The summed E-state index contributed by atoms with van der Waals surface area (Å²) in [6, 6.07) is 5.73. The number of hydrogen-bond acceptors (Lipinski definition) is 8. The second kappa shape index (κ2) is 6.74. The number of halogens is 1. The van der Waals surface area contributed by atoms with Crippen molar-refractivity contribution in [1.29, 1.82) is 0 Å². The first-order chi connectivity index (χ1) is 13.4. The van der Waals surface area contributed by atoms with Crippen molar-refractivity contribution in [3.63, 3.8) is 0 Å². The molecule has 3 heterocycles. The molecule has 10 heteroatoms. The second-order valence-corrected chi connectivity index (χ2v) is 6.85. The van der Waals surface area contributed by atoms with Crippen LogP contribution in [0.5, 0.6) is 0 Å². The third kappa shape index (κ3) is 2.57. The lowest BCUT2D eigenvalue weighted by atomic mass is 9.85. The van der Waals surface area contributed by atoms with Gasteiger partial charge in [-0.2, -0.15) is 0 Å². The number of nitrogen functional groups attached to an aromatic ring is 1. The molecule has 5 N–H and O–H groups in total. The van der Waals surface area contributed by atoms with Gasteiger partial charge in [0.25, 0.3) is 0 Å². The van der Waals surface area contributed by atoms with E-state index in [9.17, 15) is 19.7 Å². The molecule has 0 spiro atoms. The van der Waals surface area contributed by atoms with Crippen molar-refractivity contribution in [3.8, 4) is 0 Å². The Bertz CT molecular complexity index is 997. The number of nitrogens with two attached hydrogens (primary N) is 1. The highest BCUT2D eigenvalue weighted by Crippen LogP contribution is 2.47. The first kappa shape index (κ1) is 18.7. The first-order valence-electron chi connectivity index (χ1n) is 8.74. The van der Waals surface area contributed by atoms with E-state index in [0.29, 0.717) is 16.7 Å². The molecular formula is C18H20FN5O4. The number of fused-ring (bicyclic) bond motifs is 1. The highest BCUT2D eigenvalue weighted by molar-refractivity contribution is 5.81. The van der Waals surface area contributed by atoms with Gasteiger partial charge in [-0.3, -0.25) is 4.57 Å². The highest BCUT2D eigenvalue weighted by Gasteiger charge is 2.59. The van der Waals surface area contributed by atoms with Gasteiger partial charge in [0.15, 0.2) is 17.2 Å². The largest absolute Gasteiger partial charge is 0.394 e. The van der Waals surface area contributed by atoms with E-state index in [-0.39, 0.29) is 5.82 Å². The minimum Gasteiger partial charge on any atom is -0.394 e. The van der Waals surface area contributed by atoms with Crippen molar-refractivity contribution in [2.45, 2.75) is 36.9 Å². The van der Waals surface area contributed by atoms with Crippen LogP contribution in [0.1, 0.15) is 18.4 Å². The number of aliphatic hydroxyl groups excluding tert-OH is 3. The fourth-order valence-electron chi connectivity index (χ4n) is 3.84. The molecule has 1 fully saturated rings. The summed E-state index contributed by atoms with van der Waals surface area (Å²) in [6.07, 6.45) is -1.17. The van der Waals surface area contributed by atoms with Crippen molar-refractivity contribution < 1.29 is 24.4 Å². The summed E-state index contributed by atoms with van der Waals surface area (Å²) in [5.74, 6) is -0.831. The summed E-state index contributed by atoms with van der Waals surface area (Å²) in [5.41, 5.74) is 5.56. The molecule has 5 atom stereocenters. The fourth-order valence-corrected chi connectivity index (χ4v) is 3.84. The van der Waals surface area contributed by atoms with E-state index in [4.69, 9.17) is 10.5 Å². The van der Waals surface area contributed by atoms with Crippen LogP contribution in [0.2, 0.25) is 0 Å². The van der Waals surface area contributed by atoms with Crippen LogP contribution in [0, 0.1) is 5.82 Å². The molecule has 0 aliphatic carbocycles. The van der Waals surface area contributed by atoms with Gasteiger partial charge in [-0.15, -0.1) is 0 Å². The molecule has 0 saturated carbocycles. The van der Waals surface area contributed by atoms with Crippen LogP contribution in [0.4, 0.5) is 10.2 Å². The molecule has 28 heavy (non-hydrogen) atoms. The van der Waals surface area contributed by atoms with Crippen molar-refractivity contribution >= 4 is 17.0 Å². The number of aliphatic hydroxyl groups is 3. The van der Waals surface area contributed by atoms with Crippen molar-refractivity contribution in [2.24, 2.45) is 0 Å². The Balaban J connectivity index is 1.94. The molecule has 3 aromatic rings. The number of ether oxygens (including phenoxy) is 1. The molecule has 0 radical (unpaired) electrons. The van der Waals surface area contributed by atoms with Gasteiger partial charge in [-0.05, 0) is 17.7 Å². The first-order valence-corrected chi connectivity index (χ1v) is 8.74.